The average molecular weight is 420 g/mol. The van der Waals surface area contributed by atoms with Gasteiger partial charge in [0, 0.05) is 16.6 Å². The molecule has 1 aliphatic rings. The van der Waals surface area contributed by atoms with E-state index >= 15 is 0 Å². The highest BCUT2D eigenvalue weighted by Gasteiger charge is 2.63. The van der Waals surface area contributed by atoms with Crippen molar-refractivity contribution in [1.29, 1.82) is 0 Å². The third-order valence-corrected chi connectivity index (χ3v) is 5.79. The normalized spacial score (nSPS) is 19.7. The number of carbonyl (C=O) groups excluding carboxylic acids is 1. The van der Waals surface area contributed by atoms with Crippen LogP contribution in [0.1, 0.15) is 23.2 Å². The summed E-state index contributed by atoms with van der Waals surface area (Å²) in [6, 6.07) is 17.3. The van der Waals surface area contributed by atoms with Crippen LogP contribution in [0.3, 0.4) is 0 Å². The number of fused-ring (bicyclic) bond motifs is 1. The number of aromatic nitrogens is 1. The van der Waals surface area contributed by atoms with E-state index in [1.807, 2.05) is 61.5 Å². The molecule has 0 saturated heterocycles. The second-order valence-electron chi connectivity index (χ2n) is 7.94. The van der Waals surface area contributed by atoms with E-state index in [4.69, 9.17) is 4.74 Å². The Morgan fingerprint density at radius 1 is 1.19 bits per heavy atom. The van der Waals surface area contributed by atoms with Crippen LogP contribution in [0.2, 0.25) is 0 Å². The quantitative estimate of drug-likeness (QED) is 0.542. The van der Waals surface area contributed by atoms with Gasteiger partial charge in [-0.3, -0.25) is 19.4 Å². The highest BCUT2D eigenvalue weighted by atomic mass is 16.6. The van der Waals surface area contributed by atoms with Gasteiger partial charge in [-0.2, -0.15) is 0 Å². The minimum absolute atomic E-state index is 0.276. The number of amides is 1. The molecule has 1 amide bonds. The second-order valence-corrected chi connectivity index (χ2v) is 7.94. The number of hydrogen-bond donors (Lipinski definition) is 2. The van der Waals surface area contributed by atoms with Crippen LogP contribution in [0.25, 0.3) is 10.9 Å². The van der Waals surface area contributed by atoms with Gasteiger partial charge in [0.2, 0.25) is 5.91 Å². The number of hydrogen-bond acceptors (Lipinski definition) is 5. The largest absolute Gasteiger partial charge is 0.489 e. The third kappa shape index (κ3) is 4.22. The Balaban J connectivity index is 1.44. The van der Waals surface area contributed by atoms with Crippen LogP contribution in [0, 0.1) is 18.3 Å². The zero-order chi connectivity index (χ0) is 22.0. The van der Waals surface area contributed by atoms with Gasteiger partial charge in [0.25, 0.3) is 0 Å². The Morgan fingerprint density at radius 2 is 1.94 bits per heavy atom. The highest BCUT2D eigenvalue weighted by Crippen LogP contribution is 2.55. The first-order valence-corrected chi connectivity index (χ1v) is 10.1. The van der Waals surface area contributed by atoms with Crippen LogP contribution in [0.15, 0.2) is 54.6 Å². The molecule has 0 spiro atoms. The molecule has 0 aliphatic heterocycles. The lowest BCUT2D eigenvalue weighted by molar-refractivity contribution is -0.147. The molecular formula is C24H24N2O5. The molecule has 7 nitrogen and oxygen atoms in total. The van der Waals surface area contributed by atoms with Crippen molar-refractivity contribution in [2.45, 2.75) is 26.4 Å². The highest BCUT2D eigenvalue weighted by molar-refractivity contribution is 5.92. The van der Waals surface area contributed by atoms with E-state index in [9.17, 15) is 14.7 Å². The lowest BCUT2D eigenvalue weighted by Gasteiger charge is -2.13. The minimum Gasteiger partial charge on any atom is -0.489 e. The monoisotopic (exact) mass is 420 g/mol. The van der Waals surface area contributed by atoms with Gasteiger partial charge in [-0.15, -0.1) is 0 Å². The first kappa shape index (κ1) is 20.8. The molecule has 1 aromatic heterocycles. The maximum atomic E-state index is 12.0. The number of aliphatic carboxylic acids is 1. The summed E-state index contributed by atoms with van der Waals surface area (Å²) < 4.78 is 5.97. The summed E-state index contributed by atoms with van der Waals surface area (Å²) in [7, 11) is 1.33. The molecular weight excluding hydrogens is 396 g/mol. The number of rotatable bonds is 8. The first-order chi connectivity index (χ1) is 14.9. The zero-order valence-corrected chi connectivity index (χ0v) is 17.4. The number of pyridine rings is 1. The van der Waals surface area contributed by atoms with E-state index in [-0.39, 0.29) is 6.42 Å². The van der Waals surface area contributed by atoms with Crippen LogP contribution in [-0.2, 0) is 27.5 Å². The van der Waals surface area contributed by atoms with E-state index in [0.717, 1.165) is 27.7 Å². The topological polar surface area (TPSA) is 97.8 Å². The summed E-state index contributed by atoms with van der Waals surface area (Å²) >= 11 is 0. The van der Waals surface area contributed by atoms with Crippen LogP contribution in [0.4, 0.5) is 0 Å². The number of ether oxygens (including phenoxy) is 1. The number of para-hydroxylation sites is 1. The molecule has 2 N–H and O–H groups in total. The fourth-order valence-corrected chi connectivity index (χ4v) is 4.07. The van der Waals surface area contributed by atoms with Crippen molar-refractivity contribution in [2.24, 2.45) is 11.3 Å². The smallest absolute Gasteiger partial charge is 0.310 e. The van der Waals surface area contributed by atoms with Crippen LogP contribution >= 0.6 is 0 Å². The molecule has 0 radical (unpaired) electrons. The second kappa shape index (κ2) is 8.35. The number of nitrogens with zero attached hydrogens (tertiary/aromatic N) is 1. The molecule has 3 aromatic rings. The van der Waals surface area contributed by atoms with Gasteiger partial charge >= 0.3 is 5.97 Å². The standard InChI is InChI=1S/C24H24N2O5/c1-15-11-17(19-5-3-4-6-21(19)25-15)14-31-18-9-7-16(8-10-18)12-24(23(28)29)13-20(24)22(27)26-30-2/h3-11,20H,12-14H2,1-2H3,(H,26,27)(H,28,29). The molecule has 31 heavy (non-hydrogen) atoms. The van der Waals surface area contributed by atoms with Crippen molar-refractivity contribution in [3.8, 4) is 5.75 Å². The zero-order valence-electron chi connectivity index (χ0n) is 17.4. The maximum absolute atomic E-state index is 12.0. The van der Waals surface area contributed by atoms with E-state index < -0.39 is 23.2 Å². The molecule has 160 valence electrons. The maximum Gasteiger partial charge on any atom is 0.310 e. The summed E-state index contributed by atoms with van der Waals surface area (Å²) in [4.78, 5) is 33.0. The van der Waals surface area contributed by atoms with Gasteiger partial charge in [0.1, 0.15) is 12.4 Å². The fourth-order valence-electron chi connectivity index (χ4n) is 4.07. The molecule has 2 aromatic carbocycles. The summed E-state index contributed by atoms with van der Waals surface area (Å²) in [5, 5.41) is 10.7. The van der Waals surface area contributed by atoms with Gasteiger partial charge in [0.15, 0.2) is 0 Å². The Kier molecular flexibility index (Phi) is 5.61. The van der Waals surface area contributed by atoms with Crippen molar-refractivity contribution in [2.75, 3.05) is 7.11 Å². The van der Waals surface area contributed by atoms with E-state index in [1.165, 1.54) is 7.11 Å². The molecule has 1 aliphatic carbocycles. The predicted molar refractivity (Wildman–Crippen MR) is 114 cm³/mol. The molecule has 4 rings (SSSR count). The molecule has 0 bridgehead atoms. The van der Waals surface area contributed by atoms with Gasteiger partial charge in [-0.1, -0.05) is 30.3 Å². The summed E-state index contributed by atoms with van der Waals surface area (Å²) in [6.07, 6.45) is 0.572. The number of nitrogens with one attached hydrogen (secondary N) is 1. The van der Waals surface area contributed by atoms with Gasteiger partial charge < -0.3 is 9.84 Å². The molecule has 1 heterocycles. The predicted octanol–water partition coefficient (Wildman–Crippen LogP) is 3.43. The summed E-state index contributed by atoms with van der Waals surface area (Å²) in [6.45, 7) is 2.36. The first-order valence-electron chi connectivity index (χ1n) is 10.1. The van der Waals surface area contributed by atoms with Crippen LogP contribution < -0.4 is 10.2 Å². The van der Waals surface area contributed by atoms with Crippen molar-refractivity contribution < 1.29 is 24.3 Å². The number of carboxylic acids is 1. The third-order valence-electron chi connectivity index (χ3n) is 5.79. The Morgan fingerprint density at radius 3 is 2.65 bits per heavy atom. The lowest BCUT2D eigenvalue weighted by Crippen LogP contribution is -2.30. The minimum atomic E-state index is -1.08. The molecule has 1 saturated carbocycles. The molecule has 7 heteroatoms. The number of carbonyl (C=O) groups is 2. The van der Waals surface area contributed by atoms with Crippen LogP contribution in [-0.4, -0.2) is 29.1 Å². The SMILES string of the molecule is CONC(=O)C1CC1(Cc1ccc(OCc2cc(C)nc3ccccc23)cc1)C(=O)O. The number of carboxylic acid groups (broad SMARTS) is 1. The Bertz CT molecular complexity index is 1130. The van der Waals surface area contributed by atoms with Crippen molar-refractivity contribution in [3.63, 3.8) is 0 Å². The number of benzene rings is 2. The molecule has 2 atom stereocenters. The van der Waals surface area contributed by atoms with Crippen molar-refractivity contribution in [1.82, 2.24) is 10.5 Å². The molecule has 2 unspecified atom stereocenters. The number of hydroxylamine groups is 1. The van der Waals surface area contributed by atoms with Crippen molar-refractivity contribution >= 4 is 22.8 Å². The fraction of sp³-hybridized carbons (Fsp3) is 0.292. The summed E-state index contributed by atoms with van der Waals surface area (Å²) in [5.74, 6) is -1.27. The van der Waals surface area contributed by atoms with Crippen LogP contribution in [0.5, 0.6) is 5.75 Å². The van der Waals surface area contributed by atoms with Gasteiger partial charge in [-0.05, 0) is 49.6 Å². The van der Waals surface area contributed by atoms with E-state index in [0.29, 0.717) is 18.8 Å². The van der Waals surface area contributed by atoms with E-state index in [1.54, 1.807) is 0 Å². The summed E-state index contributed by atoms with van der Waals surface area (Å²) in [5.41, 5.74) is 4.92. The Labute approximate surface area is 180 Å². The van der Waals surface area contributed by atoms with Crippen molar-refractivity contribution in [3.05, 3.63) is 71.4 Å². The van der Waals surface area contributed by atoms with Gasteiger partial charge in [-0.25, -0.2) is 5.48 Å². The average Bonchev–Trinajstić information content (AvgIpc) is 3.49. The van der Waals surface area contributed by atoms with E-state index in [2.05, 4.69) is 15.3 Å². The number of aryl methyl sites for hydroxylation is 1. The van der Waals surface area contributed by atoms with Gasteiger partial charge in [0.05, 0.1) is 24.0 Å². The molecule has 1 fully saturated rings. The lowest BCUT2D eigenvalue weighted by atomic mass is 9.93. The Hall–Kier alpha value is -3.45.